The normalized spacial score (nSPS) is 13.3. The first-order valence-electron chi connectivity index (χ1n) is 4.61. The SMILES string of the molecule is CCC(C)c1ccc(C(O)O)cc1. The Morgan fingerprint density at radius 1 is 1.08 bits per heavy atom. The van der Waals surface area contributed by atoms with Crippen molar-refractivity contribution in [2.45, 2.75) is 32.5 Å². The van der Waals surface area contributed by atoms with E-state index in [1.165, 1.54) is 5.56 Å². The van der Waals surface area contributed by atoms with Crippen LogP contribution in [-0.4, -0.2) is 10.2 Å². The van der Waals surface area contributed by atoms with Crippen LogP contribution >= 0.6 is 0 Å². The minimum Gasteiger partial charge on any atom is -0.364 e. The molecule has 1 aromatic carbocycles. The molecule has 0 aliphatic heterocycles. The number of aliphatic hydroxyl groups is 2. The highest BCUT2D eigenvalue weighted by Crippen LogP contribution is 2.20. The summed E-state index contributed by atoms with van der Waals surface area (Å²) in [5.74, 6) is 0.532. The van der Waals surface area contributed by atoms with Crippen LogP contribution in [0.4, 0.5) is 0 Å². The van der Waals surface area contributed by atoms with E-state index in [4.69, 9.17) is 10.2 Å². The second-order valence-corrected chi connectivity index (χ2v) is 3.35. The number of rotatable bonds is 3. The summed E-state index contributed by atoms with van der Waals surface area (Å²) in [5.41, 5.74) is 1.79. The van der Waals surface area contributed by atoms with Crippen molar-refractivity contribution in [3.63, 3.8) is 0 Å². The lowest BCUT2D eigenvalue weighted by molar-refractivity contribution is -0.0424. The minimum atomic E-state index is -1.36. The van der Waals surface area contributed by atoms with Gasteiger partial charge >= 0.3 is 0 Å². The van der Waals surface area contributed by atoms with Crippen molar-refractivity contribution >= 4 is 0 Å². The highest BCUT2D eigenvalue weighted by molar-refractivity contribution is 5.25. The lowest BCUT2D eigenvalue weighted by Crippen LogP contribution is -1.96. The maximum absolute atomic E-state index is 8.87. The van der Waals surface area contributed by atoms with E-state index in [9.17, 15) is 0 Å². The fourth-order valence-corrected chi connectivity index (χ4v) is 1.23. The van der Waals surface area contributed by atoms with Gasteiger partial charge in [0, 0.05) is 5.56 Å². The van der Waals surface area contributed by atoms with Gasteiger partial charge in [0.1, 0.15) is 0 Å². The maximum atomic E-state index is 8.87. The van der Waals surface area contributed by atoms with Crippen LogP contribution in [0.2, 0.25) is 0 Å². The summed E-state index contributed by atoms with van der Waals surface area (Å²) >= 11 is 0. The van der Waals surface area contributed by atoms with E-state index in [1.54, 1.807) is 12.1 Å². The van der Waals surface area contributed by atoms with Crippen molar-refractivity contribution in [3.05, 3.63) is 35.4 Å². The van der Waals surface area contributed by atoms with Gasteiger partial charge in [-0.3, -0.25) is 0 Å². The molecule has 0 amide bonds. The Kier molecular flexibility index (Phi) is 3.46. The molecular formula is C11H16O2. The molecule has 1 atom stereocenters. The first kappa shape index (κ1) is 10.2. The Hall–Kier alpha value is -0.860. The van der Waals surface area contributed by atoms with Crippen LogP contribution in [0.25, 0.3) is 0 Å². The summed E-state index contributed by atoms with van der Waals surface area (Å²) in [6, 6.07) is 7.41. The van der Waals surface area contributed by atoms with Gasteiger partial charge in [-0.15, -0.1) is 0 Å². The molecule has 1 rings (SSSR count). The summed E-state index contributed by atoms with van der Waals surface area (Å²) in [6.45, 7) is 4.30. The molecule has 0 aromatic heterocycles. The quantitative estimate of drug-likeness (QED) is 0.700. The number of hydrogen-bond acceptors (Lipinski definition) is 2. The molecule has 0 bridgehead atoms. The van der Waals surface area contributed by atoms with Crippen LogP contribution < -0.4 is 0 Å². The van der Waals surface area contributed by atoms with Crippen LogP contribution in [0.1, 0.15) is 43.6 Å². The summed E-state index contributed by atoms with van der Waals surface area (Å²) in [7, 11) is 0. The lowest BCUT2D eigenvalue weighted by atomic mass is 9.98. The fraction of sp³-hybridized carbons (Fsp3) is 0.455. The summed E-state index contributed by atoms with van der Waals surface area (Å²) < 4.78 is 0. The zero-order valence-corrected chi connectivity index (χ0v) is 8.07. The molecule has 0 saturated carbocycles. The van der Waals surface area contributed by atoms with Gasteiger partial charge < -0.3 is 10.2 Å². The van der Waals surface area contributed by atoms with E-state index < -0.39 is 6.29 Å². The molecule has 0 aliphatic rings. The summed E-state index contributed by atoms with van der Waals surface area (Å²) in [6.07, 6.45) is -0.257. The highest BCUT2D eigenvalue weighted by atomic mass is 16.5. The van der Waals surface area contributed by atoms with Crippen molar-refractivity contribution in [3.8, 4) is 0 Å². The Morgan fingerprint density at radius 2 is 1.54 bits per heavy atom. The molecule has 13 heavy (non-hydrogen) atoms. The van der Waals surface area contributed by atoms with E-state index in [1.807, 2.05) is 12.1 Å². The second-order valence-electron chi connectivity index (χ2n) is 3.35. The van der Waals surface area contributed by atoms with E-state index in [0.29, 0.717) is 11.5 Å². The largest absolute Gasteiger partial charge is 0.364 e. The van der Waals surface area contributed by atoms with Crippen LogP contribution in [-0.2, 0) is 0 Å². The molecule has 0 fully saturated rings. The molecule has 72 valence electrons. The molecule has 0 saturated heterocycles. The van der Waals surface area contributed by atoms with Crippen molar-refractivity contribution < 1.29 is 10.2 Å². The van der Waals surface area contributed by atoms with E-state index in [0.717, 1.165) is 6.42 Å². The standard InChI is InChI=1S/C11H16O2/c1-3-8(2)9-4-6-10(7-5-9)11(12)13/h4-8,11-13H,3H2,1-2H3. The molecule has 0 spiro atoms. The number of benzene rings is 1. The van der Waals surface area contributed by atoms with Gasteiger partial charge in [-0.1, -0.05) is 38.1 Å². The fourth-order valence-electron chi connectivity index (χ4n) is 1.23. The molecule has 1 unspecified atom stereocenters. The van der Waals surface area contributed by atoms with Gasteiger partial charge in [-0.2, -0.15) is 0 Å². The van der Waals surface area contributed by atoms with Gasteiger partial charge in [-0.05, 0) is 17.9 Å². The molecule has 0 radical (unpaired) electrons. The predicted octanol–water partition coefficient (Wildman–Crippen LogP) is 2.18. The van der Waals surface area contributed by atoms with Crippen molar-refractivity contribution in [2.75, 3.05) is 0 Å². The minimum absolute atomic E-state index is 0.532. The first-order chi connectivity index (χ1) is 6.15. The maximum Gasteiger partial charge on any atom is 0.178 e. The third-order valence-electron chi connectivity index (χ3n) is 2.42. The van der Waals surface area contributed by atoms with Crippen LogP contribution in [0, 0.1) is 0 Å². The molecule has 2 N–H and O–H groups in total. The van der Waals surface area contributed by atoms with Gasteiger partial charge in [-0.25, -0.2) is 0 Å². The van der Waals surface area contributed by atoms with E-state index in [2.05, 4.69) is 13.8 Å². The second kappa shape index (κ2) is 4.40. The highest BCUT2D eigenvalue weighted by Gasteiger charge is 2.04. The number of hydrogen-bond donors (Lipinski definition) is 2. The van der Waals surface area contributed by atoms with Crippen molar-refractivity contribution in [1.29, 1.82) is 0 Å². The van der Waals surface area contributed by atoms with Gasteiger partial charge in [0.05, 0.1) is 0 Å². The van der Waals surface area contributed by atoms with Crippen molar-refractivity contribution in [1.82, 2.24) is 0 Å². The van der Waals surface area contributed by atoms with Crippen LogP contribution in [0.5, 0.6) is 0 Å². The number of aliphatic hydroxyl groups excluding tert-OH is 1. The third kappa shape index (κ3) is 2.54. The van der Waals surface area contributed by atoms with Gasteiger partial charge in [0.15, 0.2) is 6.29 Å². The average Bonchev–Trinajstić information content (AvgIpc) is 2.17. The predicted molar refractivity (Wildman–Crippen MR) is 52.3 cm³/mol. The molecule has 2 nitrogen and oxygen atoms in total. The van der Waals surface area contributed by atoms with Gasteiger partial charge in [0.2, 0.25) is 0 Å². The molecule has 2 heteroatoms. The van der Waals surface area contributed by atoms with Gasteiger partial charge in [0.25, 0.3) is 0 Å². The Labute approximate surface area is 78.8 Å². The zero-order chi connectivity index (χ0) is 9.84. The molecule has 1 aromatic rings. The first-order valence-corrected chi connectivity index (χ1v) is 4.61. The molecule has 0 aliphatic carbocycles. The monoisotopic (exact) mass is 180 g/mol. The Morgan fingerprint density at radius 3 is 1.92 bits per heavy atom. The molecule has 0 heterocycles. The van der Waals surface area contributed by atoms with Crippen LogP contribution in [0.15, 0.2) is 24.3 Å². The lowest BCUT2D eigenvalue weighted by Gasteiger charge is -2.10. The Balaban J connectivity index is 2.81. The van der Waals surface area contributed by atoms with Crippen molar-refractivity contribution in [2.24, 2.45) is 0 Å². The molecular weight excluding hydrogens is 164 g/mol. The average molecular weight is 180 g/mol. The third-order valence-corrected chi connectivity index (χ3v) is 2.42. The smallest absolute Gasteiger partial charge is 0.178 e. The summed E-state index contributed by atoms with van der Waals surface area (Å²) in [4.78, 5) is 0. The van der Waals surface area contributed by atoms with E-state index in [-0.39, 0.29) is 0 Å². The zero-order valence-electron chi connectivity index (χ0n) is 8.07. The summed E-state index contributed by atoms with van der Waals surface area (Å²) in [5, 5.41) is 17.7. The van der Waals surface area contributed by atoms with Crippen LogP contribution in [0.3, 0.4) is 0 Å². The van der Waals surface area contributed by atoms with E-state index >= 15 is 0 Å². The Bertz CT molecular complexity index is 251. The topological polar surface area (TPSA) is 40.5 Å².